The molecule has 2 atom stereocenters. The molecule has 0 unspecified atom stereocenters. The molecule has 0 bridgehead atoms. The Kier molecular flexibility index (Phi) is 8.87. The van der Waals surface area contributed by atoms with Crippen LogP contribution in [-0.2, 0) is 20.9 Å². The van der Waals surface area contributed by atoms with Gasteiger partial charge in [-0.2, -0.15) is 0 Å². The van der Waals surface area contributed by atoms with Gasteiger partial charge in [-0.05, 0) is 55.2 Å². The number of ketones is 1. The van der Waals surface area contributed by atoms with Crippen LogP contribution in [0.25, 0.3) is 6.08 Å². The first-order valence-electron chi connectivity index (χ1n) is 11.1. The highest BCUT2D eigenvalue weighted by molar-refractivity contribution is 5.97. The van der Waals surface area contributed by atoms with Crippen molar-refractivity contribution in [1.82, 2.24) is 0 Å². The van der Waals surface area contributed by atoms with Crippen molar-refractivity contribution in [3.8, 4) is 17.2 Å². The third-order valence-corrected chi connectivity index (χ3v) is 5.44. The molecule has 0 saturated carbocycles. The van der Waals surface area contributed by atoms with E-state index in [-0.39, 0.29) is 17.1 Å². The summed E-state index contributed by atoms with van der Waals surface area (Å²) < 4.78 is 21.8. The van der Waals surface area contributed by atoms with Crippen LogP contribution >= 0.6 is 0 Å². The standard InChI is InChI=1S/C27H30O7/c1-18-7-6-9-23(28)25(33-17-19-11-13-21(31-2)14-12-19)10-5-4-8-20-15-22(32-3)16-24(29)26(20)27(30)34-18/h4,6,8-9,11-16,18,25,29H,5,7,10,17H2,1-3H3/b8-4+,9-6-/t18-,25-/m0/s1. The van der Waals surface area contributed by atoms with Crippen LogP contribution in [0, 0.1) is 0 Å². The van der Waals surface area contributed by atoms with Gasteiger partial charge in [0.25, 0.3) is 0 Å². The molecule has 0 fully saturated rings. The largest absolute Gasteiger partial charge is 0.507 e. The molecule has 0 aromatic heterocycles. The molecule has 2 aromatic rings. The van der Waals surface area contributed by atoms with E-state index in [0.717, 1.165) is 11.3 Å². The average Bonchev–Trinajstić information content (AvgIpc) is 2.82. The highest BCUT2D eigenvalue weighted by Crippen LogP contribution is 2.30. The summed E-state index contributed by atoms with van der Waals surface area (Å²) in [5.74, 6) is 0.182. The first kappa shape index (κ1) is 25.1. The third-order valence-electron chi connectivity index (χ3n) is 5.44. The number of phenols is 1. The lowest BCUT2D eigenvalue weighted by atomic mass is 10.0. The molecular formula is C27H30O7. The number of esters is 1. The fraction of sp³-hybridized carbons (Fsp3) is 0.333. The summed E-state index contributed by atoms with van der Waals surface area (Å²) in [6.45, 7) is 2.02. The Morgan fingerprint density at radius 1 is 1.00 bits per heavy atom. The Morgan fingerprint density at radius 2 is 1.74 bits per heavy atom. The molecule has 1 aliphatic heterocycles. The highest BCUT2D eigenvalue weighted by Gasteiger charge is 2.21. The van der Waals surface area contributed by atoms with Gasteiger partial charge in [-0.3, -0.25) is 4.79 Å². The predicted octanol–water partition coefficient (Wildman–Crippen LogP) is 4.86. The monoisotopic (exact) mass is 466 g/mol. The number of fused-ring (bicyclic) bond motifs is 1. The molecular weight excluding hydrogens is 436 g/mol. The van der Waals surface area contributed by atoms with Crippen molar-refractivity contribution < 1.29 is 33.6 Å². The van der Waals surface area contributed by atoms with Crippen molar-refractivity contribution in [2.75, 3.05) is 14.2 Å². The number of allylic oxidation sites excluding steroid dienone is 1. The van der Waals surface area contributed by atoms with Gasteiger partial charge >= 0.3 is 5.97 Å². The zero-order chi connectivity index (χ0) is 24.5. The van der Waals surface area contributed by atoms with Gasteiger partial charge in [-0.25, -0.2) is 4.79 Å². The zero-order valence-electron chi connectivity index (χ0n) is 19.7. The summed E-state index contributed by atoms with van der Waals surface area (Å²) in [6, 6.07) is 10.5. The van der Waals surface area contributed by atoms with Crippen LogP contribution in [0.2, 0.25) is 0 Å². The van der Waals surface area contributed by atoms with Gasteiger partial charge in [-0.1, -0.05) is 30.4 Å². The SMILES string of the molecule is COc1ccc(CO[C@H]2CC/C=C/c3cc(OC)cc(O)c3C(=O)O[C@@H](C)C/C=C\C2=O)cc1. The summed E-state index contributed by atoms with van der Waals surface area (Å²) >= 11 is 0. The van der Waals surface area contributed by atoms with Crippen molar-refractivity contribution in [3.05, 3.63) is 71.3 Å². The summed E-state index contributed by atoms with van der Waals surface area (Å²) in [6.07, 6.45) is 6.94. The van der Waals surface area contributed by atoms with Crippen LogP contribution in [0.5, 0.6) is 17.2 Å². The molecule has 0 spiro atoms. The Hall–Kier alpha value is -3.58. The normalized spacial score (nSPS) is 21.0. The van der Waals surface area contributed by atoms with Gasteiger partial charge < -0.3 is 24.1 Å². The number of cyclic esters (lactones) is 1. The lowest BCUT2D eigenvalue weighted by Crippen LogP contribution is -2.23. The van der Waals surface area contributed by atoms with Crippen LogP contribution in [-0.4, -0.2) is 43.3 Å². The molecule has 1 aliphatic rings. The van der Waals surface area contributed by atoms with Gasteiger partial charge in [0.1, 0.15) is 35.0 Å². The highest BCUT2D eigenvalue weighted by atomic mass is 16.5. The van der Waals surface area contributed by atoms with E-state index < -0.39 is 18.2 Å². The lowest BCUT2D eigenvalue weighted by molar-refractivity contribution is -0.126. The second-order valence-electron chi connectivity index (χ2n) is 7.99. The van der Waals surface area contributed by atoms with Crippen LogP contribution in [0.1, 0.15) is 47.7 Å². The van der Waals surface area contributed by atoms with Gasteiger partial charge in [0.2, 0.25) is 0 Å². The maximum Gasteiger partial charge on any atom is 0.342 e. The predicted molar refractivity (Wildman–Crippen MR) is 128 cm³/mol. The van der Waals surface area contributed by atoms with Crippen molar-refractivity contribution in [3.63, 3.8) is 0 Å². The second kappa shape index (κ2) is 12.0. The maximum absolute atomic E-state index is 12.8. The van der Waals surface area contributed by atoms with E-state index in [1.807, 2.05) is 30.3 Å². The fourth-order valence-corrected chi connectivity index (χ4v) is 3.55. The van der Waals surface area contributed by atoms with E-state index in [2.05, 4.69) is 0 Å². The molecule has 3 rings (SSSR count). The Morgan fingerprint density at radius 3 is 2.44 bits per heavy atom. The number of benzene rings is 2. The first-order valence-corrected chi connectivity index (χ1v) is 11.1. The van der Waals surface area contributed by atoms with E-state index in [1.165, 1.54) is 19.3 Å². The number of phenolic OH excluding ortho intramolecular Hbond substituents is 1. The minimum absolute atomic E-state index is 0.0771. The van der Waals surface area contributed by atoms with Gasteiger partial charge in [0.05, 0.1) is 20.8 Å². The second-order valence-corrected chi connectivity index (χ2v) is 7.99. The number of hydrogen-bond donors (Lipinski definition) is 1. The number of carbonyl (C=O) groups excluding carboxylic acids is 2. The molecule has 0 radical (unpaired) electrons. The number of ether oxygens (including phenoxy) is 4. The van der Waals surface area contributed by atoms with Crippen LogP contribution in [0.4, 0.5) is 0 Å². The molecule has 180 valence electrons. The summed E-state index contributed by atoms with van der Waals surface area (Å²) in [5, 5.41) is 10.4. The van der Waals surface area contributed by atoms with E-state index in [9.17, 15) is 14.7 Å². The maximum atomic E-state index is 12.8. The van der Waals surface area contributed by atoms with Gasteiger partial charge in [-0.15, -0.1) is 0 Å². The average molecular weight is 467 g/mol. The summed E-state index contributed by atoms with van der Waals surface area (Å²) in [7, 11) is 3.09. The van der Waals surface area contributed by atoms with Gasteiger partial charge in [0.15, 0.2) is 5.78 Å². The van der Waals surface area contributed by atoms with Crippen LogP contribution in [0.15, 0.2) is 54.6 Å². The van der Waals surface area contributed by atoms with E-state index in [1.54, 1.807) is 32.3 Å². The van der Waals surface area contributed by atoms with E-state index in [0.29, 0.717) is 37.2 Å². The minimum Gasteiger partial charge on any atom is -0.507 e. The molecule has 2 aromatic carbocycles. The minimum atomic E-state index is -0.634. The van der Waals surface area contributed by atoms with Crippen molar-refractivity contribution >= 4 is 17.8 Å². The Labute approximate surface area is 199 Å². The van der Waals surface area contributed by atoms with Crippen molar-refractivity contribution in [1.29, 1.82) is 0 Å². The van der Waals surface area contributed by atoms with Crippen molar-refractivity contribution in [2.45, 2.75) is 45.0 Å². The molecule has 7 heteroatoms. The molecule has 7 nitrogen and oxygen atoms in total. The summed E-state index contributed by atoms with van der Waals surface area (Å²) in [4.78, 5) is 25.5. The van der Waals surface area contributed by atoms with Crippen molar-refractivity contribution in [2.24, 2.45) is 0 Å². The smallest absolute Gasteiger partial charge is 0.342 e. The number of rotatable bonds is 5. The molecule has 34 heavy (non-hydrogen) atoms. The first-order chi connectivity index (χ1) is 16.4. The van der Waals surface area contributed by atoms with Gasteiger partial charge in [0, 0.05) is 12.5 Å². The number of carbonyl (C=O) groups is 2. The molecule has 1 N–H and O–H groups in total. The lowest BCUT2D eigenvalue weighted by Gasteiger charge is -2.17. The van der Waals surface area contributed by atoms with Crippen LogP contribution in [0.3, 0.4) is 0 Å². The topological polar surface area (TPSA) is 91.3 Å². The van der Waals surface area contributed by atoms with Crippen LogP contribution < -0.4 is 9.47 Å². The quantitative estimate of drug-likeness (QED) is 0.629. The zero-order valence-corrected chi connectivity index (χ0v) is 19.7. The van der Waals surface area contributed by atoms with E-state index >= 15 is 0 Å². The Bertz CT molecular complexity index is 1050. The molecule has 1 heterocycles. The number of aromatic hydroxyl groups is 1. The molecule has 0 aliphatic carbocycles. The third kappa shape index (κ3) is 6.71. The Balaban J connectivity index is 1.81. The number of hydrogen-bond acceptors (Lipinski definition) is 7. The molecule has 0 saturated heterocycles. The van der Waals surface area contributed by atoms with E-state index in [4.69, 9.17) is 18.9 Å². The summed E-state index contributed by atoms with van der Waals surface area (Å²) in [5.41, 5.74) is 1.49. The number of methoxy groups -OCH3 is 2. The fourth-order valence-electron chi connectivity index (χ4n) is 3.55. The molecule has 0 amide bonds.